The first-order chi connectivity index (χ1) is 9.72. The van der Waals surface area contributed by atoms with Gasteiger partial charge >= 0.3 is 0 Å². The molecule has 0 fully saturated rings. The van der Waals surface area contributed by atoms with Crippen molar-refractivity contribution in [1.82, 2.24) is 10.2 Å². The fourth-order valence-electron chi connectivity index (χ4n) is 3.67. The van der Waals surface area contributed by atoms with Crippen molar-refractivity contribution in [3.05, 3.63) is 35.4 Å². The molecule has 1 aromatic rings. The first kappa shape index (κ1) is 15.5. The monoisotopic (exact) mass is 274 g/mol. The predicted octanol–water partition coefficient (Wildman–Crippen LogP) is 3.77. The first-order valence-corrected chi connectivity index (χ1v) is 8.29. The lowest BCUT2D eigenvalue weighted by atomic mass is 9.82. The van der Waals surface area contributed by atoms with Crippen LogP contribution in [0.3, 0.4) is 0 Å². The topological polar surface area (TPSA) is 15.3 Å². The molecule has 0 saturated heterocycles. The third-order valence-electron chi connectivity index (χ3n) is 4.86. The summed E-state index contributed by atoms with van der Waals surface area (Å²) in [5, 5.41) is 3.74. The standard InChI is InChI=1S/C18H30N2/c1-5-14(4)20(7-3)17-13-12-15-10-8-9-11-16(15)18(17)19-6-2/h8-11,14,17-19H,5-7,12-13H2,1-4H3. The van der Waals surface area contributed by atoms with Crippen molar-refractivity contribution >= 4 is 0 Å². The van der Waals surface area contributed by atoms with Gasteiger partial charge in [0.2, 0.25) is 0 Å². The third kappa shape index (κ3) is 3.07. The Kier molecular flexibility index (Phi) is 5.62. The highest BCUT2D eigenvalue weighted by atomic mass is 15.2. The average Bonchev–Trinajstić information content (AvgIpc) is 2.49. The molecule has 0 spiro atoms. The van der Waals surface area contributed by atoms with Crippen LogP contribution < -0.4 is 5.32 Å². The van der Waals surface area contributed by atoms with Gasteiger partial charge in [-0.1, -0.05) is 45.0 Å². The van der Waals surface area contributed by atoms with Crippen molar-refractivity contribution in [3.8, 4) is 0 Å². The van der Waals surface area contributed by atoms with Gasteiger partial charge in [0, 0.05) is 18.1 Å². The van der Waals surface area contributed by atoms with Gasteiger partial charge < -0.3 is 5.32 Å². The van der Waals surface area contributed by atoms with Crippen LogP contribution in [0.5, 0.6) is 0 Å². The van der Waals surface area contributed by atoms with E-state index in [1.165, 1.54) is 30.4 Å². The van der Waals surface area contributed by atoms with Gasteiger partial charge in [-0.25, -0.2) is 0 Å². The van der Waals surface area contributed by atoms with Crippen LogP contribution >= 0.6 is 0 Å². The third-order valence-corrected chi connectivity index (χ3v) is 4.86. The molecule has 1 aliphatic rings. The molecule has 0 saturated carbocycles. The van der Waals surface area contributed by atoms with Crippen LogP contribution in [0, 0.1) is 0 Å². The number of rotatable bonds is 6. The molecule has 2 heteroatoms. The summed E-state index contributed by atoms with van der Waals surface area (Å²) in [5.74, 6) is 0. The minimum absolute atomic E-state index is 0.485. The van der Waals surface area contributed by atoms with Crippen LogP contribution in [0.25, 0.3) is 0 Å². The molecule has 1 N–H and O–H groups in total. The lowest BCUT2D eigenvalue weighted by molar-refractivity contribution is 0.103. The number of hydrogen-bond acceptors (Lipinski definition) is 2. The zero-order chi connectivity index (χ0) is 14.5. The molecule has 112 valence electrons. The molecular formula is C18H30N2. The van der Waals surface area contributed by atoms with Crippen molar-refractivity contribution in [1.29, 1.82) is 0 Å². The largest absolute Gasteiger partial charge is 0.309 e. The molecule has 20 heavy (non-hydrogen) atoms. The Morgan fingerprint density at radius 2 is 2.00 bits per heavy atom. The quantitative estimate of drug-likeness (QED) is 0.849. The second kappa shape index (κ2) is 7.24. The van der Waals surface area contributed by atoms with Crippen molar-refractivity contribution in [2.24, 2.45) is 0 Å². The van der Waals surface area contributed by atoms with Crippen molar-refractivity contribution in [2.45, 2.75) is 65.1 Å². The molecule has 1 aliphatic carbocycles. The van der Waals surface area contributed by atoms with Gasteiger partial charge in [0.25, 0.3) is 0 Å². The van der Waals surface area contributed by atoms with E-state index in [0.717, 1.165) is 13.1 Å². The number of benzene rings is 1. The molecule has 0 heterocycles. The van der Waals surface area contributed by atoms with Crippen LogP contribution in [0.4, 0.5) is 0 Å². The fraction of sp³-hybridized carbons (Fsp3) is 0.667. The maximum atomic E-state index is 3.74. The van der Waals surface area contributed by atoms with Gasteiger partial charge in [-0.2, -0.15) is 0 Å². The fourth-order valence-corrected chi connectivity index (χ4v) is 3.67. The highest BCUT2D eigenvalue weighted by Gasteiger charge is 2.33. The van der Waals surface area contributed by atoms with Crippen LogP contribution in [0.1, 0.15) is 57.7 Å². The number of hydrogen-bond donors (Lipinski definition) is 1. The van der Waals surface area contributed by atoms with E-state index in [9.17, 15) is 0 Å². The average molecular weight is 274 g/mol. The van der Waals surface area contributed by atoms with Gasteiger partial charge in [-0.3, -0.25) is 4.90 Å². The molecule has 0 amide bonds. The summed E-state index contributed by atoms with van der Waals surface area (Å²) < 4.78 is 0. The molecule has 2 rings (SSSR count). The molecule has 3 atom stereocenters. The Morgan fingerprint density at radius 3 is 2.65 bits per heavy atom. The summed E-state index contributed by atoms with van der Waals surface area (Å²) in [5.41, 5.74) is 3.06. The lowest BCUT2D eigenvalue weighted by Gasteiger charge is -2.43. The van der Waals surface area contributed by atoms with E-state index in [0.29, 0.717) is 18.1 Å². The van der Waals surface area contributed by atoms with Gasteiger partial charge in [0.05, 0.1) is 0 Å². The van der Waals surface area contributed by atoms with E-state index in [1.807, 2.05) is 0 Å². The zero-order valence-electron chi connectivity index (χ0n) is 13.5. The SMILES string of the molecule is CCNC1c2ccccc2CCC1N(CC)C(C)CC. The molecule has 1 aromatic carbocycles. The summed E-state index contributed by atoms with van der Waals surface area (Å²) >= 11 is 0. The van der Waals surface area contributed by atoms with Crippen molar-refractivity contribution in [3.63, 3.8) is 0 Å². The second-order valence-electron chi connectivity index (χ2n) is 5.93. The van der Waals surface area contributed by atoms with Crippen LogP contribution in [0.2, 0.25) is 0 Å². The summed E-state index contributed by atoms with van der Waals surface area (Å²) in [6, 6.07) is 10.8. The van der Waals surface area contributed by atoms with Gasteiger partial charge in [0.15, 0.2) is 0 Å². The molecule has 0 bridgehead atoms. The first-order valence-electron chi connectivity index (χ1n) is 8.29. The van der Waals surface area contributed by atoms with E-state index in [2.05, 4.69) is 62.2 Å². The second-order valence-corrected chi connectivity index (χ2v) is 5.93. The summed E-state index contributed by atoms with van der Waals surface area (Å²) in [6.07, 6.45) is 3.72. The maximum absolute atomic E-state index is 3.74. The Labute approximate surface area is 124 Å². The normalized spacial score (nSPS) is 23.6. The summed E-state index contributed by atoms with van der Waals surface area (Å²) in [4.78, 5) is 2.70. The van der Waals surface area contributed by atoms with Crippen molar-refractivity contribution in [2.75, 3.05) is 13.1 Å². The van der Waals surface area contributed by atoms with Gasteiger partial charge in [-0.15, -0.1) is 0 Å². The zero-order valence-corrected chi connectivity index (χ0v) is 13.5. The minimum Gasteiger partial charge on any atom is -0.309 e. The van der Waals surface area contributed by atoms with Gasteiger partial charge in [0.1, 0.15) is 0 Å². The number of likely N-dealkylation sites (N-methyl/N-ethyl adjacent to an activating group) is 2. The number of fused-ring (bicyclic) bond motifs is 1. The number of nitrogens with zero attached hydrogens (tertiary/aromatic N) is 1. The Hall–Kier alpha value is -0.860. The Bertz CT molecular complexity index is 416. The van der Waals surface area contributed by atoms with E-state index < -0.39 is 0 Å². The lowest BCUT2D eigenvalue weighted by Crippen LogP contribution is -2.50. The van der Waals surface area contributed by atoms with E-state index in [4.69, 9.17) is 0 Å². The highest BCUT2D eigenvalue weighted by molar-refractivity contribution is 5.34. The highest BCUT2D eigenvalue weighted by Crippen LogP contribution is 2.34. The maximum Gasteiger partial charge on any atom is 0.0481 e. The van der Waals surface area contributed by atoms with E-state index >= 15 is 0 Å². The summed E-state index contributed by atoms with van der Waals surface area (Å²) in [6.45, 7) is 11.4. The van der Waals surface area contributed by atoms with E-state index in [-0.39, 0.29) is 0 Å². The molecule has 0 radical (unpaired) electrons. The smallest absolute Gasteiger partial charge is 0.0481 e. The molecule has 3 unspecified atom stereocenters. The van der Waals surface area contributed by atoms with Gasteiger partial charge in [-0.05, 0) is 50.4 Å². The molecule has 0 aliphatic heterocycles. The van der Waals surface area contributed by atoms with Crippen LogP contribution in [-0.4, -0.2) is 30.1 Å². The molecule has 0 aromatic heterocycles. The predicted molar refractivity (Wildman–Crippen MR) is 87.1 cm³/mol. The van der Waals surface area contributed by atoms with Crippen LogP contribution in [0.15, 0.2) is 24.3 Å². The van der Waals surface area contributed by atoms with Crippen molar-refractivity contribution < 1.29 is 0 Å². The Morgan fingerprint density at radius 1 is 1.25 bits per heavy atom. The number of aryl methyl sites for hydroxylation is 1. The summed E-state index contributed by atoms with van der Waals surface area (Å²) in [7, 11) is 0. The van der Waals surface area contributed by atoms with E-state index in [1.54, 1.807) is 0 Å². The van der Waals surface area contributed by atoms with Crippen LogP contribution in [-0.2, 0) is 6.42 Å². The molecular weight excluding hydrogens is 244 g/mol. The Balaban J connectivity index is 2.29. The minimum atomic E-state index is 0.485. The molecule has 2 nitrogen and oxygen atoms in total. The number of nitrogens with one attached hydrogen (secondary N) is 1.